The Kier molecular flexibility index (Phi) is 3.96. The molecular weight excluding hydrogens is 307 g/mol. The lowest BCUT2D eigenvalue weighted by Gasteiger charge is -2.32. The molecule has 1 saturated heterocycles. The topological polar surface area (TPSA) is 62.1 Å². The normalized spacial score (nSPS) is 19.0. The van der Waals surface area contributed by atoms with Crippen LogP contribution in [0.4, 0.5) is 0 Å². The first-order chi connectivity index (χ1) is 11.2. The summed E-state index contributed by atoms with van der Waals surface area (Å²) in [5.41, 5.74) is 2.09. The molecule has 0 aliphatic carbocycles. The number of rotatable bonds is 3. The average Bonchev–Trinajstić information content (AvgIpc) is 2.99. The molecule has 1 aliphatic heterocycles. The van der Waals surface area contributed by atoms with Crippen molar-refractivity contribution in [2.75, 3.05) is 6.61 Å². The fourth-order valence-corrected chi connectivity index (χ4v) is 2.79. The summed E-state index contributed by atoms with van der Waals surface area (Å²) in [6.07, 6.45) is 1.63. The summed E-state index contributed by atoms with van der Waals surface area (Å²) in [6.45, 7) is 12.2. The second-order valence-corrected chi connectivity index (χ2v) is 7.03. The average molecular weight is 330 g/mol. The van der Waals surface area contributed by atoms with Crippen molar-refractivity contribution >= 4 is 24.1 Å². The van der Waals surface area contributed by atoms with Gasteiger partial charge >= 0.3 is 13.1 Å². The Bertz CT molecular complexity index is 781. The van der Waals surface area contributed by atoms with Crippen LogP contribution in [0.2, 0.25) is 0 Å². The number of hydrogen-bond acceptors (Lipinski definition) is 5. The quantitative estimate of drug-likeness (QED) is 0.637. The number of nitrogens with zero attached hydrogens (tertiary/aromatic N) is 2. The number of carbonyl (C=O) groups excluding carboxylic acids is 1. The highest BCUT2D eigenvalue weighted by atomic mass is 16.7. The third-order valence-corrected chi connectivity index (χ3v) is 4.98. The van der Waals surface area contributed by atoms with Gasteiger partial charge in [0.05, 0.1) is 23.3 Å². The van der Waals surface area contributed by atoms with E-state index in [1.807, 2.05) is 51.2 Å². The van der Waals surface area contributed by atoms with E-state index in [0.717, 1.165) is 11.2 Å². The highest BCUT2D eigenvalue weighted by Crippen LogP contribution is 2.36. The van der Waals surface area contributed by atoms with Gasteiger partial charge in [0.25, 0.3) is 0 Å². The lowest BCUT2D eigenvalue weighted by molar-refractivity contribution is 0.00578. The molecule has 2 aromatic heterocycles. The van der Waals surface area contributed by atoms with Crippen LogP contribution < -0.4 is 5.46 Å². The first kappa shape index (κ1) is 17.0. The zero-order valence-electron chi connectivity index (χ0n) is 15.0. The fraction of sp³-hybridized carbons (Fsp3) is 0.529. The van der Waals surface area contributed by atoms with Crippen LogP contribution in [0.5, 0.6) is 0 Å². The van der Waals surface area contributed by atoms with Crippen LogP contribution in [0.15, 0.2) is 18.5 Å². The summed E-state index contributed by atoms with van der Waals surface area (Å²) in [6, 6.07) is 3.78. The summed E-state index contributed by atoms with van der Waals surface area (Å²) >= 11 is 0. The van der Waals surface area contributed by atoms with Crippen molar-refractivity contribution < 1.29 is 18.8 Å². The number of ether oxygens (including phenoxy) is 1. The van der Waals surface area contributed by atoms with Crippen LogP contribution in [0.3, 0.4) is 0 Å². The maximum absolute atomic E-state index is 12.0. The van der Waals surface area contributed by atoms with Crippen molar-refractivity contribution in [2.45, 2.75) is 52.7 Å². The lowest BCUT2D eigenvalue weighted by Crippen LogP contribution is -2.41. The van der Waals surface area contributed by atoms with E-state index in [1.54, 1.807) is 13.3 Å². The largest absolute Gasteiger partial charge is 0.496 e. The summed E-state index contributed by atoms with van der Waals surface area (Å²) in [4.78, 5) is 16.2. The molecule has 1 aliphatic rings. The minimum Gasteiger partial charge on any atom is -0.461 e. The molecule has 0 spiro atoms. The van der Waals surface area contributed by atoms with E-state index < -0.39 is 24.3 Å². The molecule has 3 heterocycles. The van der Waals surface area contributed by atoms with Crippen molar-refractivity contribution in [1.82, 2.24) is 9.38 Å². The van der Waals surface area contributed by atoms with Crippen molar-refractivity contribution in [3.63, 3.8) is 0 Å². The van der Waals surface area contributed by atoms with E-state index in [-0.39, 0.29) is 0 Å². The minimum atomic E-state index is -0.451. The molecule has 1 fully saturated rings. The Labute approximate surface area is 142 Å². The molecule has 7 heteroatoms. The van der Waals surface area contributed by atoms with Gasteiger partial charge < -0.3 is 18.4 Å². The molecule has 0 amide bonds. The summed E-state index contributed by atoms with van der Waals surface area (Å²) in [7, 11) is -0.451. The number of imidazole rings is 1. The van der Waals surface area contributed by atoms with Gasteiger partial charge in [0.1, 0.15) is 6.33 Å². The zero-order valence-corrected chi connectivity index (χ0v) is 15.0. The highest BCUT2D eigenvalue weighted by Gasteiger charge is 2.52. The standard InChI is InChI=1S/C17H23BN2O4/c1-7-22-15(21)14-13-9-8-12(11(2)20(13)10-19-14)18-23-16(3,4)17(5,6)24-18/h8-10H,7H2,1-6H3. The molecule has 24 heavy (non-hydrogen) atoms. The molecular formula is C17H23BN2O4. The predicted molar refractivity (Wildman–Crippen MR) is 91.6 cm³/mol. The maximum Gasteiger partial charge on any atom is 0.496 e. The summed E-state index contributed by atoms with van der Waals surface area (Å²) in [5.74, 6) is -0.414. The van der Waals surface area contributed by atoms with E-state index in [1.165, 1.54) is 0 Å². The Morgan fingerprint density at radius 3 is 2.46 bits per heavy atom. The molecule has 0 radical (unpaired) electrons. The summed E-state index contributed by atoms with van der Waals surface area (Å²) in [5, 5.41) is 0. The maximum atomic E-state index is 12.0. The van der Waals surface area contributed by atoms with Crippen LogP contribution in [0, 0.1) is 6.92 Å². The second-order valence-electron chi connectivity index (χ2n) is 7.03. The van der Waals surface area contributed by atoms with E-state index in [4.69, 9.17) is 14.0 Å². The van der Waals surface area contributed by atoms with Crippen LogP contribution in [-0.4, -0.2) is 40.3 Å². The molecule has 0 saturated carbocycles. The predicted octanol–water partition coefficient (Wildman–Crippen LogP) is 2.12. The van der Waals surface area contributed by atoms with Crippen LogP contribution in [-0.2, 0) is 14.0 Å². The van der Waals surface area contributed by atoms with Crippen LogP contribution in [0.1, 0.15) is 50.8 Å². The Balaban J connectivity index is 2.01. The van der Waals surface area contributed by atoms with Gasteiger partial charge in [0, 0.05) is 11.2 Å². The number of aryl methyl sites for hydroxylation is 1. The van der Waals surface area contributed by atoms with Gasteiger partial charge in [-0.2, -0.15) is 0 Å². The molecule has 6 nitrogen and oxygen atoms in total. The molecule has 2 aromatic rings. The molecule has 0 bridgehead atoms. The van der Waals surface area contributed by atoms with Crippen molar-refractivity contribution in [3.8, 4) is 0 Å². The molecule has 0 atom stereocenters. The first-order valence-electron chi connectivity index (χ1n) is 8.17. The number of esters is 1. The SMILES string of the molecule is CCOC(=O)c1ncn2c(C)c(B3OC(C)(C)C(C)(C)O3)ccc12. The van der Waals surface area contributed by atoms with Gasteiger partial charge in [-0.1, -0.05) is 6.07 Å². The number of aromatic nitrogens is 2. The van der Waals surface area contributed by atoms with Crippen molar-refractivity contribution in [1.29, 1.82) is 0 Å². The second kappa shape index (κ2) is 5.60. The summed E-state index contributed by atoms with van der Waals surface area (Å²) < 4.78 is 19.2. The third kappa shape index (κ3) is 2.52. The Hall–Kier alpha value is -1.86. The van der Waals surface area contributed by atoms with Gasteiger partial charge in [-0.25, -0.2) is 9.78 Å². The molecule has 3 rings (SSSR count). The van der Waals surface area contributed by atoms with Crippen LogP contribution in [0.25, 0.3) is 5.52 Å². The van der Waals surface area contributed by atoms with Crippen molar-refractivity contribution in [2.24, 2.45) is 0 Å². The van der Waals surface area contributed by atoms with Crippen molar-refractivity contribution in [3.05, 3.63) is 29.8 Å². The molecule has 0 unspecified atom stereocenters. The molecule has 0 aromatic carbocycles. The zero-order chi connectivity index (χ0) is 17.7. The number of carbonyl (C=O) groups is 1. The van der Waals surface area contributed by atoms with E-state index in [0.29, 0.717) is 17.8 Å². The fourth-order valence-electron chi connectivity index (χ4n) is 2.79. The number of pyridine rings is 1. The van der Waals surface area contributed by atoms with Crippen LogP contribution >= 0.6 is 0 Å². The molecule has 0 N–H and O–H groups in total. The minimum absolute atomic E-state index is 0.320. The highest BCUT2D eigenvalue weighted by molar-refractivity contribution is 6.62. The molecule has 128 valence electrons. The van der Waals surface area contributed by atoms with E-state index in [9.17, 15) is 4.79 Å². The Morgan fingerprint density at radius 2 is 1.88 bits per heavy atom. The lowest BCUT2D eigenvalue weighted by atomic mass is 9.78. The van der Waals surface area contributed by atoms with E-state index in [2.05, 4.69) is 4.98 Å². The smallest absolute Gasteiger partial charge is 0.461 e. The van der Waals surface area contributed by atoms with Gasteiger partial charge in [0.15, 0.2) is 5.69 Å². The van der Waals surface area contributed by atoms with Gasteiger partial charge in [-0.3, -0.25) is 0 Å². The number of hydrogen-bond donors (Lipinski definition) is 0. The van der Waals surface area contributed by atoms with Gasteiger partial charge in [0.2, 0.25) is 0 Å². The van der Waals surface area contributed by atoms with E-state index >= 15 is 0 Å². The van der Waals surface area contributed by atoms with Gasteiger partial charge in [-0.05, 0) is 47.6 Å². The Morgan fingerprint density at radius 1 is 1.25 bits per heavy atom. The third-order valence-electron chi connectivity index (χ3n) is 4.98. The monoisotopic (exact) mass is 330 g/mol. The number of fused-ring (bicyclic) bond motifs is 1. The van der Waals surface area contributed by atoms with Gasteiger partial charge in [-0.15, -0.1) is 0 Å². The first-order valence-corrected chi connectivity index (χ1v) is 8.17.